The van der Waals surface area contributed by atoms with Crippen molar-refractivity contribution in [1.29, 1.82) is 5.26 Å². The van der Waals surface area contributed by atoms with Crippen molar-refractivity contribution in [3.63, 3.8) is 0 Å². The van der Waals surface area contributed by atoms with E-state index in [1.807, 2.05) is 0 Å². The van der Waals surface area contributed by atoms with Gasteiger partial charge in [-0.05, 0) is 19.8 Å². The van der Waals surface area contributed by atoms with Gasteiger partial charge < -0.3 is 14.6 Å². The summed E-state index contributed by atoms with van der Waals surface area (Å²) >= 11 is 0. The lowest BCUT2D eigenvalue weighted by Gasteiger charge is -2.41. The molecule has 0 aromatic rings. The zero-order valence-corrected chi connectivity index (χ0v) is 9.03. The zero-order chi connectivity index (χ0) is 10.9. The van der Waals surface area contributed by atoms with Crippen molar-refractivity contribution in [2.24, 2.45) is 5.92 Å². The van der Waals surface area contributed by atoms with Crippen LogP contribution < -0.4 is 0 Å². The normalized spacial score (nSPS) is 29.9. The maximum atomic E-state index is 10.2. The molecule has 2 aliphatic rings. The van der Waals surface area contributed by atoms with Crippen LogP contribution in [-0.4, -0.2) is 29.7 Å². The van der Waals surface area contributed by atoms with Gasteiger partial charge in [0, 0.05) is 12.8 Å². The van der Waals surface area contributed by atoms with E-state index in [4.69, 9.17) is 14.7 Å². The number of ether oxygens (including phenoxy) is 2. The lowest BCUT2D eigenvalue weighted by Crippen LogP contribution is -2.46. The van der Waals surface area contributed by atoms with Crippen LogP contribution in [0.2, 0.25) is 0 Å². The van der Waals surface area contributed by atoms with Gasteiger partial charge in [-0.15, -0.1) is 0 Å². The van der Waals surface area contributed by atoms with Crippen molar-refractivity contribution in [3.05, 3.63) is 0 Å². The average molecular weight is 211 g/mol. The summed E-state index contributed by atoms with van der Waals surface area (Å²) in [5.74, 6) is -0.780. The fraction of sp³-hybridized carbons (Fsp3) is 0.909. The molecule has 15 heavy (non-hydrogen) atoms. The highest BCUT2D eigenvalue weighted by Crippen LogP contribution is 2.42. The molecule has 0 aromatic heterocycles. The Morgan fingerprint density at radius 2 is 1.73 bits per heavy atom. The first-order valence-electron chi connectivity index (χ1n) is 5.50. The van der Waals surface area contributed by atoms with Crippen molar-refractivity contribution < 1.29 is 14.6 Å². The molecule has 1 saturated heterocycles. The summed E-state index contributed by atoms with van der Waals surface area (Å²) in [5, 5.41) is 19.1. The number of aliphatic hydroxyl groups is 1. The summed E-state index contributed by atoms with van der Waals surface area (Å²) < 4.78 is 11.1. The van der Waals surface area contributed by atoms with Gasteiger partial charge in [-0.25, -0.2) is 0 Å². The van der Waals surface area contributed by atoms with Crippen LogP contribution in [0.25, 0.3) is 0 Å². The third-order valence-electron chi connectivity index (χ3n) is 3.69. The van der Waals surface area contributed by atoms with E-state index in [-0.39, 0.29) is 5.92 Å². The van der Waals surface area contributed by atoms with Crippen molar-refractivity contribution in [3.8, 4) is 6.07 Å². The molecule has 1 heterocycles. The van der Waals surface area contributed by atoms with E-state index >= 15 is 0 Å². The Balaban J connectivity index is 1.99. The smallest absolute Gasteiger partial charge is 0.168 e. The summed E-state index contributed by atoms with van der Waals surface area (Å²) in [6, 6.07) is 2.12. The second kappa shape index (κ2) is 3.75. The van der Waals surface area contributed by atoms with E-state index in [0.29, 0.717) is 38.9 Å². The first kappa shape index (κ1) is 10.9. The molecule has 1 aliphatic heterocycles. The van der Waals surface area contributed by atoms with Gasteiger partial charge in [-0.2, -0.15) is 5.26 Å². The Morgan fingerprint density at radius 1 is 1.20 bits per heavy atom. The number of hydrogen-bond acceptors (Lipinski definition) is 4. The first-order valence-corrected chi connectivity index (χ1v) is 5.50. The van der Waals surface area contributed by atoms with Crippen molar-refractivity contribution in [2.45, 2.75) is 44.0 Å². The van der Waals surface area contributed by atoms with Crippen molar-refractivity contribution in [2.75, 3.05) is 13.2 Å². The minimum absolute atomic E-state index is 0.323. The maximum absolute atomic E-state index is 10.2. The third kappa shape index (κ3) is 1.87. The summed E-state index contributed by atoms with van der Waals surface area (Å²) in [4.78, 5) is 0. The van der Waals surface area contributed by atoms with Crippen LogP contribution in [0.15, 0.2) is 0 Å². The average Bonchev–Trinajstić information content (AvgIpc) is 2.71. The second-order valence-corrected chi connectivity index (χ2v) is 4.56. The molecule has 0 amide bonds. The molecule has 1 N–H and O–H groups in total. The van der Waals surface area contributed by atoms with Gasteiger partial charge >= 0.3 is 0 Å². The Kier molecular flexibility index (Phi) is 2.72. The first-order chi connectivity index (χ1) is 7.10. The van der Waals surface area contributed by atoms with Gasteiger partial charge in [0.15, 0.2) is 5.79 Å². The van der Waals surface area contributed by atoms with Crippen LogP contribution in [-0.2, 0) is 9.47 Å². The fourth-order valence-corrected chi connectivity index (χ4v) is 2.40. The highest BCUT2D eigenvalue weighted by molar-refractivity contribution is 5.01. The summed E-state index contributed by atoms with van der Waals surface area (Å²) in [7, 11) is 0. The predicted molar refractivity (Wildman–Crippen MR) is 52.8 cm³/mol. The maximum Gasteiger partial charge on any atom is 0.168 e. The SMILES string of the molecule is CC(C#N)C1(O)CCC2(CC1)OCCO2. The van der Waals surface area contributed by atoms with Crippen LogP contribution in [0.5, 0.6) is 0 Å². The minimum atomic E-state index is -0.852. The number of nitrogens with zero attached hydrogens (tertiary/aromatic N) is 1. The Bertz CT molecular complexity index is 268. The minimum Gasteiger partial charge on any atom is -0.389 e. The van der Waals surface area contributed by atoms with E-state index < -0.39 is 11.4 Å². The zero-order valence-electron chi connectivity index (χ0n) is 9.03. The van der Waals surface area contributed by atoms with E-state index in [0.717, 1.165) is 0 Å². The lowest BCUT2D eigenvalue weighted by atomic mass is 9.75. The molecular formula is C11H17NO3. The molecule has 0 radical (unpaired) electrons. The van der Waals surface area contributed by atoms with E-state index in [2.05, 4.69) is 6.07 Å². The molecule has 1 atom stereocenters. The number of hydrogen-bond donors (Lipinski definition) is 1. The lowest BCUT2D eigenvalue weighted by molar-refractivity contribution is -0.206. The molecule has 2 fully saturated rings. The molecule has 0 aromatic carbocycles. The van der Waals surface area contributed by atoms with E-state index in [9.17, 15) is 5.11 Å². The molecule has 1 unspecified atom stereocenters. The molecule has 1 aliphatic carbocycles. The monoisotopic (exact) mass is 211 g/mol. The molecule has 2 rings (SSSR count). The topological polar surface area (TPSA) is 62.5 Å². The molecule has 4 heteroatoms. The molecule has 1 spiro atoms. The number of nitriles is 1. The summed E-state index contributed by atoms with van der Waals surface area (Å²) in [6.07, 6.45) is 2.55. The highest BCUT2D eigenvalue weighted by Gasteiger charge is 2.47. The van der Waals surface area contributed by atoms with Gasteiger partial charge in [0.2, 0.25) is 0 Å². The van der Waals surface area contributed by atoms with Gasteiger partial charge in [0.25, 0.3) is 0 Å². The van der Waals surface area contributed by atoms with Crippen molar-refractivity contribution in [1.82, 2.24) is 0 Å². The second-order valence-electron chi connectivity index (χ2n) is 4.56. The molecule has 0 bridgehead atoms. The van der Waals surface area contributed by atoms with E-state index in [1.165, 1.54) is 0 Å². The van der Waals surface area contributed by atoms with Gasteiger partial charge in [-0.3, -0.25) is 0 Å². The summed E-state index contributed by atoms with van der Waals surface area (Å²) in [6.45, 7) is 3.06. The van der Waals surface area contributed by atoms with Crippen molar-refractivity contribution >= 4 is 0 Å². The van der Waals surface area contributed by atoms with E-state index in [1.54, 1.807) is 6.92 Å². The largest absolute Gasteiger partial charge is 0.389 e. The van der Waals surface area contributed by atoms with Crippen LogP contribution in [0, 0.1) is 17.2 Å². The van der Waals surface area contributed by atoms with Crippen LogP contribution in [0.4, 0.5) is 0 Å². The van der Waals surface area contributed by atoms with Crippen LogP contribution in [0.3, 0.4) is 0 Å². The molecule has 84 valence electrons. The Morgan fingerprint density at radius 3 is 2.20 bits per heavy atom. The number of rotatable bonds is 1. The molecule has 1 saturated carbocycles. The quantitative estimate of drug-likeness (QED) is 0.707. The van der Waals surface area contributed by atoms with Gasteiger partial charge in [0.05, 0.1) is 30.8 Å². The van der Waals surface area contributed by atoms with Crippen LogP contribution >= 0.6 is 0 Å². The standard InChI is InChI=1S/C11H17NO3/c1-9(8-12)10(13)2-4-11(5-3-10)14-6-7-15-11/h9,13H,2-7H2,1H3. The van der Waals surface area contributed by atoms with Crippen LogP contribution in [0.1, 0.15) is 32.6 Å². The molecule has 4 nitrogen and oxygen atoms in total. The Labute approximate surface area is 89.8 Å². The van der Waals surface area contributed by atoms with Gasteiger partial charge in [0.1, 0.15) is 0 Å². The van der Waals surface area contributed by atoms with Gasteiger partial charge in [-0.1, -0.05) is 0 Å². The Hall–Kier alpha value is -0.630. The summed E-state index contributed by atoms with van der Waals surface area (Å²) in [5.41, 5.74) is -0.852. The molecular weight excluding hydrogens is 194 g/mol. The predicted octanol–water partition coefficient (Wildman–Crippen LogP) is 1.19. The highest BCUT2D eigenvalue weighted by atomic mass is 16.7. The third-order valence-corrected chi connectivity index (χ3v) is 3.69. The fourth-order valence-electron chi connectivity index (χ4n) is 2.40.